The van der Waals surface area contributed by atoms with E-state index >= 15 is 0 Å². The molecule has 3 aliphatic heterocycles. The molecule has 0 fully saturated rings. The van der Waals surface area contributed by atoms with E-state index in [-0.39, 0.29) is 5.91 Å². The highest BCUT2D eigenvalue weighted by Crippen LogP contribution is 2.32. The van der Waals surface area contributed by atoms with Gasteiger partial charge in [0.25, 0.3) is 5.91 Å². The van der Waals surface area contributed by atoms with Gasteiger partial charge in [-0.25, -0.2) is 9.97 Å². The smallest absolute Gasteiger partial charge is 0.253 e. The van der Waals surface area contributed by atoms with Crippen LogP contribution in [0.1, 0.15) is 46.3 Å². The average molecular weight is 561 g/mol. The van der Waals surface area contributed by atoms with E-state index in [0.717, 1.165) is 92.1 Å². The van der Waals surface area contributed by atoms with Crippen molar-refractivity contribution in [3.8, 4) is 22.4 Å². The highest BCUT2D eigenvalue weighted by atomic mass is 16.5. The molecule has 0 saturated heterocycles. The summed E-state index contributed by atoms with van der Waals surface area (Å²) in [6, 6.07) is 12.2. The molecule has 0 spiro atoms. The fourth-order valence-corrected chi connectivity index (χ4v) is 6.44. The fraction of sp³-hybridized carbons (Fsp3) is 0.353. The normalized spacial score (nSPS) is 16.9. The zero-order valence-corrected chi connectivity index (χ0v) is 24.5. The van der Waals surface area contributed by atoms with Gasteiger partial charge in [-0.1, -0.05) is 12.1 Å². The van der Waals surface area contributed by atoms with Crippen LogP contribution in [0.5, 0.6) is 0 Å². The molecule has 2 aromatic carbocycles. The summed E-state index contributed by atoms with van der Waals surface area (Å²) in [5.41, 5.74) is 14.3. The number of aryl methyl sites for hydroxylation is 1. The van der Waals surface area contributed by atoms with E-state index in [1.165, 1.54) is 33.7 Å². The van der Waals surface area contributed by atoms with Gasteiger partial charge in [0.2, 0.25) is 0 Å². The van der Waals surface area contributed by atoms with Crippen LogP contribution in [0.2, 0.25) is 0 Å². The molecule has 7 rings (SSSR count). The summed E-state index contributed by atoms with van der Waals surface area (Å²) in [7, 11) is 3.52. The number of carbonyl (C=O) groups is 1. The summed E-state index contributed by atoms with van der Waals surface area (Å²) in [4.78, 5) is 34.5. The predicted octanol–water partition coefficient (Wildman–Crippen LogP) is 5.57. The quantitative estimate of drug-likeness (QED) is 0.333. The van der Waals surface area contributed by atoms with E-state index in [1.807, 2.05) is 36.7 Å². The number of aliphatic imine (C=N–C) groups is 1. The monoisotopic (exact) mass is 560 g/mol. The van der Waals surface area contributed by atoms with E-state index < -0.39 is 0 Å². The van der Waals surface area contributed by atoms with Crippen LogP contribution >= 0.6 is 0 Å². The first kappa shape index (κ1) is 26.7. The van der Waals surface area contributed by atoms with Gasteiger partial charge in [0.1, 0.15) is 5.52 Å². The number of aromatic nitrogens is 3. The molecule has 5 heterocycles. The Bertz CT molecular complexity index is 1750. The van der Waals surface area contributed by atoms with Gasteiger partial charge in [0, 0.05) is 80.9 Å². The number of fused-ring (bicyclic) bond motifs is 2. The number of H-pyrrole nitrogens is 1. The minimum atomic E-state index is -0.0120. The van der Waals surface area contributed by atoms with Crippen molar-refractivity contribution < 1.29 is 9.53 Å². The first-order valence-electron chi connectivity index (χ1n) is 14.8. The number of benzene rings is 2. The van der Waals surface area contributed by atoms with Crippen molar-refractivity contribution in [1.82, 2.24) is 24.8 Å². The van der Waals surface area contributed by atoms with Gasteiger partial charge in [0.05, 0.1) is 25.1 Å². The third kappa shape index (κ3) is 5.05. The number of carbonyl (C=O) groups excluding carboxylic acids is 1. The summed E-state index contributed by atoms with van der Waals surface area (Å²) >= 11 is 0. The number of ether oxygens (including phenoxy) is 1. The van der Waals surface area contributed by atoms with Crippen LogP contribution in [-0.2, 0) is 17.7 Å². The van der Waals surface area contributed by atoms with Crippen LogP contribution in [-0.4, -0.2) is 76.8 Å². The largest absolute Gasteiger partial charge is 0.377 e. The number of aromatic amines is 1. The molecule has 4 aromatic rings. The van der Waals surface area contributed by atoms with Gasteiger partial charge in [-0.15, -0.1) is 0 Å². The summed E-state index contributed by atoms with van der Waals surface area (Å²) in [6.45, 7) is 6.82. The van der Waals surface area contributed by atoms with Gasteiger partial charge < -0.3 is 14.6 Å². The molecule has 3 aliphatic rings. The molecule has 0 aliphatic carbocycles. The third-order valence-electron chi connectivity index (χ3n) is 8.76. The lowest BCUT2D eigenvalue weighted by molar-refractivity contribution is 0.0827. The molecule has 0 saturated carbocycles. The first-order chi connectivity index (χ1) is 20.4. The lowest BCUT2D eigenvalue weighted by atomic mass is 9.92. The van der Waals surface area contributed by atoms with Gasteiger partial charge in [-0.2, -0.15) is 0 Å². The highest BCUT2D eigenvalue weighted by Gasteiger charge is 2.24. The summed E-state index contributed by atoms with van der Waals surface area (Å²) < 4.78 is 5.63. The first-order valence-corrected chi connectivity index (χ1v) is 14.8. The Kier molecular flexibility index (Phi) is 6.96. The molecule has 1 amide bonds. The molecule has 214 valence electrons. The van der Waals surface area contributed by atoms with Crippen LogP contribution in [0, 0.1) is 6.92 Å². The van der Waals surface area contributed by atoms with Crippen LogP contribution < -0.4 is 0 Å². The maximum absolute atomic E-state index is 12.3. The minimum absolute atomic E-state index is 0.0120. The SMILES string of the molecule is Cc1cc(-c2cnc3[nH]cc(-c4ccc(C(=O)N(C)C)cc4)c3n2)cc2c1CCN(CCC1=NC3=C(COCC3)C1)C2. The summed E-state index contributed by atoms with van der Waals surface area (Å²) in [6.07, 6.45) is 7.84. The lowest BCUT2D eigenvalue weighted by Crippen LogP contribution is -2.32. The number of hydrogen-bond donors (Lipinski definition) is 1. The van der Waals surface area contributed by atoms with Crippen molar-refractivity contribution in [2.45, 2.75) is 39.2 Å². The number of nitrogens with one attached hydrogen (secondary N) is 1. The van der Waals surface area contributed by atoms with Crippen molar-refractivity contribution in [3.05, 3.63) is 82.3 Å². The molecule has 8 nitrogen and oxygen atoms in total. The highest BCUT2D eigenvalue weighted by molar-refractivity contribution is 5.96. The molecule has 8 heteroatoms. The second-order valence-corrected chi connectivity index (χ2v) is 11.8. The second-order valence-electron chi connectivity index (χ2n) is 11.8. The molecule has 0 radical (unpaired) electrons. The Labute approximate surface area is 246 Å². The predicted molar refractivity (Wildman–Crippen MR) is 166 cm³/mol. The van der Waals surface area contributed by atoms with E-state index in [0.29, 0.717) is 5.56 Å². The Morgan fingerprint density at radius 2 is 1.98 bits per heavy atom. The minimum Gasteiger partial charge on any atom is -0.377 e. The number of nitrogens with zero attached hydrogens (tertiary/aromatic N) is 5. The van der Waals surface area contributed by atoms with Gasteiger partial charge >= 0.3 is 0 Å². The summed E-state index contributed by atoms with van der Waals surface area (Å²) in [5.74, 6) is -0.0120. The zero-order valence-electron chi connectivity index (χ0n) is 24.5. The molecule has 0 unspecified atom stereocenters. The van der Waals surface area contributed by atoms with Crippen molar-refractivity contribution in [2.24, 2.45) is 4.99 Å². The van der Waals surface area contributed by atoms with Crippen molar-refractivity contribution >= 4 is 22.8 Å². The van der Waals surface area contributed by atoms with Gasteiger partial charge in [-0.05, 0) is 71.9 Å². The Morgan fingerprint density at radius 3 is 2.79 bits per heavy atom. The van der Waals surface area contributed by atoms with E-state index in [1.54, 1.807) is 19.0 Å². The van der Waals surface area contributed by atoms with Crippen molar-refractivity contribution in [3.63, 3.8) is 0 Å². The topological polar surface area (TPSA) is 86.7 Å². The second kappa shape index (κ2) is 10.9. The number of amides is 1. The van der Waals surface area contributed by atoms with Crippen LogP contribution in [0.4, 0.5) is 0 Å². The number of hydrogen-bond acceptors (Lipinski definition) is 6. The Hall–Kier alpha value is -4.14. The molecular formula is C34H36N6O2. The molecule has 1 N–H and O–H groups in total. The molecule has 0 bridgehead atoms. The van der Waals surface area contributed by atoms with Crippen LogP contribution in [0.15, 0.2) is 65.1 Å². The molecule has 2 aromatic heterocycles. The maximum Gasteiger partial charge on any atom is 0.253 e. The average Bonchev–Trinajstić information content (AvgIpc) is 3.63. The maximum atomic E-state index is 12.3. The van der Waals surface area contributed by atoms with Gasteiger partial charge in [-0.3, -0.25) is 14.7 Å². The van der Waals surface area contributed by atoms with Crippen LogP contribution in [0.3, 0.4) is 0 Å². The third-order valence-corrected chi connectivity index (χ3v) is 8.76. The Morgan fingerprint density at radius 1 is 1.12 bits per heavy atom. The lowest BCUT2D eigenvalue weighted by Gasteiger charge is -2.30. The van der Waals surface area contributed by atoms with E-state index in [2.05, 4.69) is 28.9 Å². The number of rotatable bonds is 6. The van der Waals surface area contributed by atoms with Gasteiger partial charge in [0.15, 0.2) is 5.65 Å². The van der Waals surface area contributed by atoms with Crippen molar-refractivity contribution in [1.29, 1.82) is 0 Å². The van der Waals surface area contributed by atoms with Crippen molar-refractivity contribution in [2.75, 3.05) is 40.4 Å². The molecule has 0 atom stereocenters. The molecule has 42 heavy (non-hydrogen) atoms. The standard InChI is InChI=1S/C34H36N6O2/c1-21-14-24(15-25-19-40(12-9-28(21)25)11-8-27-16-26-20-42-13-10-30(26)37-27)31-18-36-33-32(38-31)29(17-35-33)22-4-6-23(7-5-22)34(41)39(2)3/h4-7,14-15,17-18H,8-13,16,19-20H2,1-3H3,(H,35,36). The van der Waals surface area contributed by atoms with E-state index in [9.17, 15) is 4.79 Å². The fourth-order valence-electron chi connectivity index (χ4n) is 6.44. The molecular weight excluding hydrogens is 524 g/mol. The van der Waals surface area contributed by atoms with Crippen LogP contribution in [0.25, 0.3) is 33.5 Å². The van der Waals surface area contributed by atoms with E-state index in [4.69, 9.17) is 19.7 Å². The zero-order chi connectivity index (χ0) is 28.8. The summed E-state index contributed by atoms with van der Waals surface area (Å²) in [5, 5.41) is 0. The Balaban J connectivity index is 1.11.